The highest BCUT2D eigenvalue weighted by molar-refractivity contribution is 14.0. The fraction of sp³-hybridized carbons (Fsp3) is 0.867. The van der Waals surface area contributed by atoms with E-state index in [1.165, 1.54) is 12.8 Å². The van der Waals surface area contributed by atoms with E-state index >= 15 is 0 Å². The monoisotopic (exact) mass is 410 g/mol. The van der Waals surface area contributed by atoms with Crippen LogP contribution in [-0.4, -0.2) is 61.4 Å². The number of likely N-dealkylation sites (tertiary alicyclic amines) is 1. The van der Waals surface area contributed by atoms with Crippen LogP contribution in [0.3, 0.4) is 0 Å². The SMILES string of the molecule is CCC(C)NC(=NCC(=O)N(C)C)N1CCC(C)CC1.I. The molecule has 124 valence electrons. The van der Waals surface area contributed by atoms with Crippen LogP contribution in [-0.2, 0) is 4.79 Å². The summed E-state index contributed by atoms with van der Waals surface area (Å²) in [6.45, 7) is 8.87. The van der Waals surface area contributed by atoms with E-state index in [0.29, 0.717) is 6.04 Å². The Bertz CT molecular complexity index is 339. The van der Waals surface area contributed by atoms with Crippen LogP contribution >= 0.6 is 24.0 Å². The third kappa shape index (κ3) is 7.33. The lowest BCUT2D eigenvalue weighted by Crippen LogP contribution is -2.48. The standard InChI is InChI=1S/C15H30N4O.HI/c1-6-13(3)17-15(16-11-14(20)18(4)5)19-9-7-12(2)8-10-19;/h12-13H,6-11H2,1-5H3,(H,16,17);1H. The summed E-state index contributed by atoms with van der Waals surface area (Å²) < 4.78 is 0. The van der Waals surface area contributed by atoms with E-state index in [1.54, 1.807) is 19.0 Å². The Labute approximate surface area is 146 Å². The zero-order chi connectivity index (χ0) is 15.1. The third-order valence-corrected chi connectivity index (χ3v) is 3.93. The molecule has 1 amide bonds. The fourth-order valence-corrected chi connectivity index (χ4v) is 2.06. The normalized spacial score (nSPS) is 18.0. The number of likely N-dealkylation sites (N-methyl/N-ethyl adjacent to an activating group) is 1. The summed E-state index contributed by atoms with van der Waals surface area (Å²) in [6.07, 6.45) is 3.44. The Balaban J connectivity index is 0.00000400. The first-order valence-electron chi connectivity index (χ1n) is 7.70. The van der Waals surface area contributed by atoms with Crippen molar-refractivity contribution in [1.82, 2.24) is 15.1 Å². The number of rotatable bonds is 4. The topological polar surface area (TPSA) is 47.9 Å². The molecule has 1 atom stereocenters. The van der Waals surface area contributed by atoms with Gasteiger partial charge in [-0.15, -0.1) is 24.0 Å². The molecule has 1 rings (SSSR count). The van der Waals surface area contributed by atoms with Crippen molar-refractivity contribution in [3.63, 3.8) is 0 Å². The molecule has 1 N–H and O–H groups in total. The average molecular weight is 410 g/mol. The molecule has 0 spiro atoms. The predicted octanol–water partition coefficient (Wildman–Crippen LogP) is 2.17. The molecular weight excluding hydrogens is 379 g/mol. The summed E-state index contributed by atoms with van der Waals surface area (Å²) in [6, 6.07) is 0.377. The van der Waals surface area contributed by atoms with Crippen molar-refractivity contribution in [2.45, 2.75) is 46.1 Å². The molecule has 6 heteroatoms. The van der Waals surface area contributed by atoms with Crippen LogP contribution in [0.2, 0.25) is 0 Å². The Morgan fingerprint density at radius 2 is 1.95 bits per heavy atom. The molecule has 1 unspecified atom stereocenters. The van der Waals surface area contributed by atoms with E-state index in [1.807, 2.05) is 0 Å². The highest BCUT2D eigenvalue weighted by Gasteiger charge is 2.20. The van der Waals surface area contributed by atoms with Gasteiger partial charge in [0.2, 0.25) is 5.91 Å². The van der Waals surface area contributed by atoms with Crippen molar-refractivity contribution in [1.29, 1.82) is 0 Å². The first-order chi connectivity index (χ1) is 9.43. The zero-order valence-corrected chi connectivity index (χ0v) is 16.4. The van der Waals surface area contributed by atoms with Gasteiger partial charge in [-0.2, -0.15) is 0 Å². The first kappa shape index (κ1) is 20.5. The summed E-state index contributed by atoms with van der Waals surface area (Å²) in [7, 11) is 3.53. The minimum atomic E-state index is 0. The highest BCUT2D eigenvalue weighted by Crippen LogP contribution is 2.16. The number of nitrogens with one attached hydrogen (secondary N) is 1. The smallest absolute Gasteiger partial charge is 0.243 e. The van der Waals surface area contributed by atoms with Crippen LogP contribution in [0.4, 0.5) is 0 Å². The Hall–Kier alpha value is -0.530. The highest BCUT2D eigenvalue weighted by atomic mass is 127. The summed E-state index contributed by atoms with van der Waals surface area (Å²) in [5.74, 6) is 1.72. The number of carbonyl (C=O) groups excluding carboxylic acids is 1. The van der Waals surface area contributed by atoms with Gasteiger partial charge in [-0.1, -0.05) is 13.8 Å². The van der Waals surface area contributed by atoms with E-state index in [0.717, 1.165) is 31.4 Å². The van der Waals surface area contributed by atoms with Gasteiger partial charge in [0.1, 0.15) is 6.54 Å². The number of carbonyl (C=O) groups is 1. The number of halogens is 1. The maximum Gasteiger partial charge on any atom is 0.243 e. The molecule has 0 saturated carbocycles. The molecule has 1 aliphatic rings. The van der Waals surface area contributed by atoms with E-state index in [2.05, 4.69) is 36.0 Å². The average Bonchev–Trinajstić information content (AvgIpc) is 2.43. The van der Waals surface area contributed by atoms with Gasteiger partial charge in [0.05, 0.1) is 0 Å². The number of piperidine rings is 1. The number of aliphatic imine (C=N–C) groups is 1. The lowest BCUT2D eigenvalue weighted by molar-refractivity contribution is -0.127. The Kier molecular flexibility index (Phi) is 9.98. The summed E-state index contributed by atoms with van der Waals surface area (Å²) in [4.78, 5) is 20.1. The molecule has 0 aromatic rings. The van der Waals surface area contributed by atoms with Crippen molar-refractivity contribution in [3.8, 4) is 0 Å². The van der Waals surface area contributed by atoms with Crippen molar-refractivity contribution in [2.75, 3.05) is 33.7 Å². The molecule has 1 saturated heterocycles. The molecule has 0 bridgehead atoms. The second kappa shape index (κ2) is 10.2. The molecule has 0 aliphatic carbocycles. The van der Waals surface area contributed by atoms with Gasteiger partial charge in [0, 0.05) is 33.2 Å². The lowest BCUT2D eigenvalue weighted by Gasteiger charge is -2.34. The van der Waals surface area contributed by atoms with Crippen LogP contribution in [0.25, 0.3) is 0 Å². The number of guanidine groups is 1. The maximum atomic E-state index is 11.7. The second-order valence-electron chi connectivity index (χ2n) is 6.05. The van der Waals surface area contributed by atoms with E-state index in [9.17, 15) is 4.79 Å². The fourth-order valence-electron chi connectivity index (χ4n) is 2.06. The Morgan fingerprint density at radius 1 is 1.38 bits per heavy atom. The van der Waals surface area contributed by atoms with Gasteiger partial charge in [0.15, 0.2) is 5.96 Å². The number of hydrogen-bond acceptors (Lipinski definition) is 2. The predicted molar refractivity (Wildman–Crippen MR) is 99.3 cm³/mol. The minimum absolute atomic E-state index is 0. The Morgan fingerprint density at radius 3 is 2.43 bits per heavy atom. The van der Waals surface area contributed by atoms with Gasteiger partial charge < -0.3 is 15.1 Å². The van der Waals surface area contributed by atoms with E-state index in [-0.39, 0.29) is 36.4 Å². The van der Waals surface area contributed by atoms with Gasteiger partial charge in [-0.25, -0.2) is 4.99 Å². The van der Waals surface area contributed by atoms with Crippen molar-refractivity contribution in [3.05, 3.63) is 0 Å². The zero-order valence-electron chi connectivity index (χ0n) is 14.1. The van der Waals surface area contributed by atoms with Crippen molar-refractivity contribution in [2.24, 2.45) is 10.9 Å². The minimum Gasteiger partial charge on any atom is -0.354 e. The van der Waals surface area contributed by atoms with Gasteiger partial charge in [0.25, 0.3) is 0 Å². The molecule has 21 heavy (non-hydrogen) atoms. The van der Waals surface area contributed by atoms with Crippen LogP contribution in [0.5, 0.6) is 0 Å². The van der Waals surface area contributed by atoms with Crippen LogP contribution in [0.1, 0.15) is 40.0 Å². The second-order valence-corrected chi connectivity index (χ2v) is 6.05. The molecular formula is C15H31IN4O. The van der Waals surface area contributed by atoms with Crippen LogP contribution in [0.15, 0.2) is 4.99 Å². The quantitative estimate of drug-likeness (QED) is 0.439. The summed E-state index contributed by atoms with van der Waals surface area (Å²) in [5.41, 5.74) is 0. The summed E-state index contributed by atoms with van der Waals surface area (Å²) in [5, 5.41) is 3.45. The molecule has 0 aromatic heterocycles. The maximum absolute atomic E-state index is 11.7. The van der Waals surface area contributed by atoms with Crippen LogP contribution in [0, 0.1) is 5.92 Å². The van der Waals surface area contributed by atoms with Gasteiger partial charge >= 0.3 is 0 Å². The van der Waals surface area contributed by atoms with E-state index < -0.39 is 0 Å². The van der Waals surface area contributed by atoms with Gasteiger partial charge in [-0.05, 0) is 32.1 Å². The largest absolute Gasteiger partial charge is 0.354 e. The third-order valence-electron chi connectivity index (χ3n) is 3.93. The van der Waals surface area contributed by atoms with Gasteiger partial charge in [-0.3, -0.25) is 4.79 Å². The molecule has 1 heterocycles. The van der Waals surface area contributed by atoms with Crippen molar-refractivity contribution >= 4 is 35.8 Å². The lowest BCUT2D eigenvalue weighted by atomic mass is 9.99. The number of hydrogen-bond donors (Lipinski definition) is 1. The van der Waals surface area contributed by atoms with E-state index in [4.69, 9.17) is 0 Å². The molecule has 1 fully saturated rings. The first-order valence-corrected chi connectivity index (χ1v) is 7.70. The summed E-state index contributed by atoms with van der Waals surface area (Å²) >= 11 is 0. The molecule has 0 radical (unpaired) electrons. The molecule has 5 nitrogen and oxygen atoms in total. The van der Waals surface area contributed by atoms with Crippen molar-refractivity contribution < 1.29 is 4.79 Å². The molecule has 0 aromatic carbocycles. The molecule has 1 aliphatic heterocycles. The van der Waals surface area contributed by atoms with Crippen LogP contribution < -0.4 is 5.32 Å². The number of amides is 1. The number of nitrogens with zero attached hydrogens (tertiary/aromatic N) is 3.